The Bertz CT molecular complexity index is 52.1. The summed E-state index contributed by atoms with van der Waals surface area (Å²) in [6.07, 6.45) is 0. The van der Waals surface area contributed by atoms with Crippen LogP contribution in [0.15, 0.2) is 0 Å². The van der Waals surface area contributed by atoms with E-state index in [0.717, 1.165) is 11.8 Å². The van der Waals surface area contributed by atoms with Gasteiger partial charge in [-0.15, -0.1) is 0 Å². The molecule has 18 heavy (non-hydrogen) atoms. The molecule has 0 fully saturated rings. The normalized spacial score (nSPS) is 8.00. The van der Waals surface area contributed by atoms with Gasteiger partial charge in [0.05, 0.1) is 0 Å². The van der Waals surface area contributed by atoms with E-state index < -0.39 is 0 Å². The van der Waals surface area contributed by atoms with Crippen molar-refractivity contribution in [3.05, 3.63) is 0 Å². The molecule has 0 unspecified atom stereocenters. The molecule has 0 N–H and O–H groups in total. The second-order valence-corrected chi connectivity index (χ2v) is 6.15. The zero-order valence-corrected chi connectivity index (χ0v) is 14.0. The third-order valence-electron chi connectivity index (χ3n) is 0. The quantitative estimate of drug-likeness (QED) is 0.612. The van der Waals surface area contributed by atoms with Crippen LogP contribution in [0.1, 0.15) is 56.4 Å². The van der Waals surface area contributed by atoms with Crippen molar-refractivity contribution in [2.24, 2.45) is 11.8 Å². The maximum Gasteiger partial charge on any atom is -0.0140 e. The summed E-state index contributed by atoms with van der Waals surface area (Å²) >= 11 is 0. The van der Waals surface area contributed by atoms with Gasteiger partial charge >= 0.3 is 0 Å². The smallest absolute Gasteiger partial charge is 0.0140 e. The number of rotatable bonds is 0. The van der Waals surface area contributed by atoms with Crippen LogP contribution in [-0.4, -0.2) is 52.1 Å². The maximum atomic E-state index is 2.17. The first-order chi connectivity index (χ1) is 6.93. The van der Waals surface area contributed by atoms with Crippen LogP contribution >= 0.6 is 0 Å². The Kier molecular flexibility index (Phi) is 60.5. The summed E-state index contributed by atoms with van der Waals surface area (Å²) in [4.78, 5) is 4.00. The molecule has 0 bridgehead atoms. The summed E-state index contributed by atoms with van der Waals surface area (Å²) in [5.74, 6) is 1.67. The SMILES string of the molecule is C.C.CC(C)C.CC(C)C.CN(C)C.CN(C)C. The van der Waals surface area contributed by atoms with Crippen molar-refractivity contribution in [3.63, 3.8) is 0 Å². The molecule has 0 aliphatic carbocycles. The molecule has 0 saturated carbocycles. The molecule has 0 saturated heterocycles. The molecule has 0 heterocycles. The first-order valence-electron chi connectivity index (χ1n) is 6.15. The van der Waals surface area contributed by atoms with Crippen LogP contribution in [0.25, 0.3) is 0 Å². The summed E-state index contributed by atoms with van der Waals surface area (Å²) in [5.41, 5.74) is 0. The minimum absolute atomic E-state index is 0. The van der Waals surface area contributed by atoms with Crippen molar-refractivity contribution >= 4 is 0 Å². The van der Waals surface area contributed by atoms with E-state index in [1.807, 2.05) is 52.1 Å². The third-order valence-corrected chi connectivity index (χ3v) is 0. The average Bonchev–Trinajstić information content (AvgIpc) is 1.76. The summed E-state index contributed by atoms with van der Waals surface area (Å²) in [7, 11) is 12.0. The van der Waals surface area contributed by atoms with E-state index in [1.54, 1.807) is 0 Å². The predicted octanol–water partition coefficient (Wildman–Crippen LogP) is 4.95. The summed E-state index contributed by atoms with van der Waals surface area (Å²) in [5, 5.41) is 0. The zero-order valence-electron chi connectivity index (χ0n) is 14.0. The van der Waals surface area contributed by atoms with Crippen molar-refractivity contribution in [1.29, 1.82) is 0 Å². The fraction of sp³-hybridized carbons (Fsp3) is 1.00. The largest absolute Gasteiger partial charge is 0.312 e. The predicted molar refractivity (Wildman–Crippen MR) is 93.7 cm³/mol. The van der Waals surface area contributed by atoms with E-state index in [-0.39, 0.29) is 14.9 Å². The van der Waals surface area contributed by atoms with Crippen LogP contribution < -0.4 is 0 Å². The lowest BCUT2D eigenvalue weighted by Gasteiger charge is -1.90. The fourth-order valence-corrected chi connectivity index (χ4v) is 0. The van der Waals surface area contributed by atoms with Gasteiger partial charge in [0.2, 0.25) is 0 Å². The minimum atomic E-state index is 0. The topological polar surface area (TPSA) is 6.48 Å². The van der Waals surface area contributed by atoms with Crippen molar-refractivity contribution < 1.29 is 0 Å². The van der Waals surface area contributed by atoms with Gasteiger partial charge in [0.25, 0.3) is 0 Å². The van der Waals surface area contributed by atoms with Gasteiger partial charge in [-0.2, -0.15) is 0 Å². The Morgan fingerprint density at radius 3 is 0.444 bits per heavy atom. The van der Waals surface area contributed by atoms with E-state index in [9.17, 15) is 0 Å². The van der Waals surface area contributed by atoms with Gasteiger partial charge in [-0.25, -0.2) is 0 Å². The van der Waals surface area contributed by atoms with E-state index >= 15 is 0 Å². The molecule has 0 amide bonds. The Hall–Kier alpha value is -0.0800. The second kappa shape index (κ2) is 30.2. The van der Waals surface area contributed by atoms with E-state index in [0.29, 0.717) is 0 Å². The summed E-state index contributed by atoms with van der Waals surface area (Å²) < 4.78 is 0. The van der Waals surface area contributed by atoms with Gasteiger partial charge in [-0.05, 0) is 54.1 Å². The third kappa shape index (κ3) is 554000. The molecule has 0 rings (SSSR count). The molecule has 0 aromatic rings. The second-order valence-electron chi connectivity index (χ2n) is 6.15. The van der Waals surface area contributed by atoms with Crippen LogP contribution in [0.3, 0.4) is 0 Å². The number of hydrogen-bond donors (Lipinski definition) is 0. The van der Waals surface area contributed by atoms with Crippen molar-refractivity contribution in [1.82, 2.24) is 9.80 Å². The summed E-state index contributed by atoms with van der Waals surface area (Å²) in [6, 6.07) is 0. The van der Waals surface area contributed by atoms with Gasteiger partial charge in [0.1, 0.15) is 0 Å². The monoisotopic (exact) mass is 266 g/mol. The van der Waals surface area contributed by atoms with Crippen LogP contribution in [-0.2, 0) is 0 Å². The molecular weight excluding hydrogens is 220 g/mol. The van der Waals surface area contributed by atoms with Crippen LogP contribution in [0.5, 0.6) is 0 Å². The van der Waals surface area contributed by atoms with Crippen LogP contribution in [0.4, 0.5) is 0 Å². The van der Waals surface area contributed by atoms with E-state index in [4.69, 9.17) is 0 Å². The zero-order chi connectivity index (χ0) is 14.3. The lowest BCUT2D eigenvalue weighted by Crippen LogP contribution is -1.99. The molecule has 0 radical (unpaired) electrons. The molecule has 120 valence electrons. The van der Waals surface area contributed by atoms with Gasteiger partial charge in [-0.3, -0.25) is 0 Å². The van der Waals surface area contributed by atoms with Crippen LogP contribution in [0.2, 0.25) is 0 Å². The number of nitrogens with zero attached hydrogens (tertiary/aromatic N) is 2. The molecule has 2 nitrogen and oxygen atoms in total. The Balaban J connectivity index is -0.0000000257. The average molecular weight is 267 g/mol. The molecule has 0 aromatic heterocycles. The lowest BCUT2D eigenvalue weighted by molar-refractivity contribution is 0.505. The highest BCUT2D eigenvalue weighted by molar-refractivity contribution is 4.21. The van der Waals surface area contributed by atoms with Gasteiger partial charge in [-0.1, -0.05) is 56.4 Å². The minimum Gasteiger partial charge on any atom is -0.312 e. The van der Waals surface area contributed by atoms with Crippen molar-refractivity contribution in [2.75, 3.05) is 42.3 Å². The van der Waals surface area contributed by atoms with Gasteiger partial charge < -0.3 is 9.80 Å². The summed E-state index contributed by atoms with van der Waals surface area (Å²) in [6.45, 7) is 13.0. The van der Waals surface area contributed by atoms with Crippen molar-refractivity contribution in [3.8, 4) is 0 Å². The van der Waals surface area contributed by atoms with Crippen LogP contribution in [0, 0.1) is 11.8 Å². The Labute approximate surface area is 121 Å². The van der Waals surface area contributed by atoms with Crippen molar-refractivity contribution in [2.45, 2.75) is 56.4 Å². The molecule has 0 spiro atoms. The van der Waals surface area contributed by atoms with Gasteiger partial charge in [0, 0.05) is 0 Å². The highest BCUT2D eigenvalue weighted by Crippen LogP contribution is 1.81. The van der Waals surface area contributed by atoms with Gasteiger partial charge in [0.15, 0.2) is 0 Å². The number of hydrogen-bond acceptors (Lipinski definition) is 2. The molecule has 0 aliphatic heterocycles. The molecule has 0 aliphatic rings. The fourth-order valence-electron chi connectivity index (χ4n) is 0. The standard InChI is InChI=1S/2C4H10.2C3H9N.2CH4/c4*1-4(2)3;;/h2*4H,1-3H3;2*1-3H3;2*1H4. The maximum absolute atomic E-state index is 2.17. The Morgan fingerprint density at radius 1 is 0.444 bits per heavy atom. The molecule has 0 aromatic carbocycles. The van der Waals surface area contributed by atoms with E-state index in [2.05, 4.69) is 41.5 Å². The molecule has 0 atom stereocenters. The lowest BCUT2D eigenvalue weighted by atomic mass is 10.3. The molecule has 2 heteroatoms. The highest BCUT2D eigenvalue weighted by atomic mass is 15.0. The first kappa shape index (κ1) is 36.1. The molecular formula is C16H46N2. The highest BCUT2D eigenvalue weighted by Gasteiger charge is 1.68. The van der Waals surface area contributed by atoms with E-state index in [1.165, 1.54) is 0 Å². The first-order valence-corrected chi connectivity index (χ1v) is 6.15. The Morgan fingerprint density at radius 2 is 0.444 bits per heavy atom.